The Kier molecular flexibility index (Phi) is 3.40. The molecule has 2 rings (SSSR count). The molecule has 0 aromatic carbocycles. The van der Waals surface area contributed by atoms with Gasteiger partial charge < -0.3 is 4.90 Å². The molecule has 0 radical (unpaired) electrons. The molecule has 4 heteroatoms. The molecule has 1 saturated heterocycles. The minimum Gasteiger partial charge on any atom is -0.321 e. The molecule has 0 spiro atoms. The fourth-order valence-corrected chi connectivity index (χ4v) is 2.88. The third-order valence-electron chi connectivity index (χ3n) is 4.42. The second-order valence-electron chi connectivity index (χ2n) is 5.77. The molecule has 2 fully saturated rings. The van der Waals surface area contributed by atoms with Gasteiger partial charge in [-0.3, -0.25) is 10.1 Å². The Balaban J connectivity index is 2.02. The number of hydrogen-bond donors (Lipinski definition) is 1. The molecule has 0 bridgehead atoms. The predicted molar refractivity (Wildman–Crippen MR) is 65.4 cm³/mol. The summed E-state index contributed by atoms with van der Waals surface area (Å²) in [6.07, 6.45) is 3.31. The van der Waals surface area contributed by atoms with Crippen molar-refractivity contribution in [2.75, 3.05) is 6.54 Å². The molecule has 1 aliphatic carbocycles. The van der Waals surface area contributed by atoms with Gasteiger partial charge in [0.2, 0.25) is 5.91 Å². The summed E-state index contributed by atoms with van der Waals surface area (Å²) in [5.74, 6) is 1.19. The molecule has 1 heterocycles. The largest absolute Gasteiger partial charge is 0.324 e. The third kappa shape index (κ3) is 2.45. The van der Waals surface area contributed by atoms with Crippen LogP contribution in [0.4, 0.5) is 4.79 Å². The zero-order chi connectivity index (χ0) is 12.6. The first-order valence-corrected chi connectivity index (χ1v) is 6.60. The monoisotopic (exact) mass is 238 g/mol. The van der Waals surface area contributed by atoms with E-state index in [0.29, 0.717) is 18.5 Å². The molecule has 0 aromatic heterocycles. The smallest absolute Gasteiger partial charge is 0.321 e. The van der Waals surface area contributed by atoms with Crippen LogP contribution in [0.3, 0.4) is 0 Å². The van der Waals surface area contributed by atoms with Gasteiger partial charge in [-0.2, -0.15) is 0 Å². The first kappa shape index (κ1) is 12.4. The minimum atomic E-state index is -0.195. The molecule has 96 valence electrons. The molecule has 3 amide bonds. The van der Waals surface area contributed by atoms with Crippen LogP contribution in [0.15, 0.2) is 0 Å². The number of carbonyl (C=O) groups is 2. The van der Waals surface area contributed by atoms with Gasteiger partial charge >= 0.3 is 6.03 Å². The minimum absolute atomic E-state index is 0.0812. The van der Waals surface area contributed by atoms with Crippen LogP contribution in [0.25, 0.3) is 0 Å². The van der Waals surface area contributed by atoms with Gasteiger partial charge in [-0.15, -0.1) is 0 Å². The highest BCUT2D eigenvalue weighted by Crippen LogP contribution is 2.32. The Labute approximate surface area is 103 Å². The fourth-order valence-electron chi connectivity index (χ4n) is 2.88. The molecule has 4 atom stereocenters. The summed E-state index contributed by atoms with van der Waals surface area (Å²) >= 11 is 0. The number of hydrogen-bond acceptors (Lipinski definition) is 2. The van der Waals surface area contributed by atoms with Crippen LogP contribution in [0, 0.1) is 17.8 Å². The van der Waals surface area contributed by atoms with Crippen molar-refractivity contribution in [2.45, 2.75) is 46.1 Å². The maximum Gasteiger partial charge on any atom is 0.324 e. The van der Waals surface area contributed by atoms with E-state index in [-0.39, 0.29) is 17.9 Å². The highest BCUT2D eigenvalue weighted by Gasteiger charge is 2.36. The summed E-state index contributed by atoms with van der Waals surface area (Å²) in [6.45, 7) is 7.00. The molecule has 4 unspecified atom stereocenters. The van der Waals surface area contributed by atoms with E-state index in [1.807, 2.05) is 11.8 Å². The van der Waals surface area contributed by atoms with Crippen molar-refractivity contribution >= 4 is 11.9 Å². The summed E-state index contributed by atoms with van der Waals surface area (Å²) in [7, 11) is 0. The molecule has 4 nitrogen and oxygen atoms in total. The Morgan fingerprint density at radius 3 is 2.47 bits per heavy atom. The van der Waals surface area contributed by atoms with Gasteiger partial charge in [-0.25, -0.2) is 4.79 Å². The normalized spacial score (nSPS) is 39.1. The maximum absolute atomic E-state index is 11.8. The van der Waals surface area contributed by atoms with Gasteiger partial charge in [0.25, 0.3) is 0 Å². The van der Waals surface area contributed by atoms with Gasteiger partial charge in [0, 0.05) is 12.6 Å². The maximum atomic E-state index is 11.8. The Morgan fingerprint density at radius 1 is 1.12 bits per heavy atom. The first-order valence-electron chi connectivity index (χ1n) is 6.60. The quantitative estimate of drug-likeness (QED) is 0.759. The zero-order valence-electron chi connectivity index (χ0n) is 10.9. The SMILES string of the molecule is CC1CN(C2CCC(C)C(C)C2)C(=O)NC1=O. The van der Waals surface area contributed by atoms with Crippen molar-refractivity contribution in [1.29, 1.82) is 0 Å². The number of nitrogens with zero attached hydrogens (tertiary/aromatic N) is 1. The highest BCUT2D eigenvalue weighted by atomic mass is 16.2. The summed E-state index contributed by atoms with van der Waals surface area (Å²) < 4.78 is 0. The van der Waals surface area contributed by atoms with Crippen molar-refractivity contribution in [3.05, 3.63) is 0 Å². The molecule has 1 saturated carbocycles. The molecule has 2 aliphatic rings. The first-order chi connectivity index (χ1) is 7.99. The van der Waals surface area contributed by atoms with E-state index in [1.54, 1.807) is 0 Å². The number of rotatable bonds is 1. The van der Waals surface area contributed by atoms with E-state index >= 15 is 0 Å². The number of carbonyl (C=O) groups excluding carboxylic acids is 2. The van der Waals surface area contributed by atoms with Crippen molar-refractivity contribution in [2.24, 2.45) is 17.8 Å². The van der Waals surface area contributed by atoms with Gasteiger partial charge in [0.05, 0.1) is 5.92 Å². The summed E-state index contributed by atoms with van der Waals surface area (Å²) in [4.78, 5) is 25.1. The Hall–Kier alpha value is -1.06. The molecule has 1 N–H and O–H groups in total. The van der Waals surface area contributed by atoms with Crippen molar-refractivity contribution < 1.29 is 9.59 Å². The van der Waals surface area contributed by atoms with E-state index in [0.717, 1.165) is 18.8 Å². The van der Waals surface area contributed by atoms with Crippen molar-refractivity contribution in [3.8, 4) is 0 Å². The Bertz CT molecular complexity index is 329. The Morgan fingerprint density at radius 2 is 1.82 bits per heavy atom. The van der Waals surface area contributed by atoms with Crippen molar-refractivity contribution in [3.63, 3.8) is 0 Å². The van der Waals surface area contributed by atoms with Crippen LogP contribution < -0.4 is 5.32 Å². The number of nitrogens with one attached hydrogen (secondary N) is 1. The predicted octanol–water partition coefficient (Wildman–Crippen LogP) is 2.00. The van der Waals surface area contributed by atoms with Crippen LogP contribution in [-0.2, 0) is 4.79 Å². The van der Waals surface area contributed by atoms with Gasteiger partial charge in [0.1, 0.15) is 0 Å². The van der Waals surface area contributed by atoms with Gasteiger partial charge in [0.15, 0.2) is 0 Å². The molecule has 1 aliphatic heterocycles. The summed E-state index contributed by atoms with van der Waals surface area (Å²) in [5, 5.41) is 2.45. The second-order valence-corrected chi connectivity index (χ2v) is 5.77. The second kappa shape index (κ2) is 4.67. The average Bonchev–Trinajstić information content (AvgIpc) is 2.27. The van der Waals surface area contributed by atoms with Gasteiger partial charge in [-0.05, 0) is 31.1 Å². The standard InChI is InChI=1S/C13H22N2O2/c1-8-4-5-11(6-9(8)2)15-7-10(3)12(16)14-13(15)17/h8-11H,4-7H2,1-3H3,(H,14,16,17). The molecule has 0 aromatic rings. The van der Waals surface area contributed by atoms with E-state index in [1.165, 1.54) is 6.42 Å². The van der Waals surface area contributed by atoms with Crippen LogP contribution >= 0.6 is 0 Å². The van der Waals surface area contributed by atoms with E-state index in [9.17, 15) is 9.59 Å². The molecular weight excluding hydrogens is 216 g/mol. The number of urea groups is 1. The van der Waals surface area contributed by atoms with Crippen LogP contribution in [0.1, 0.15) is 40.0 Å². The zero-order valence-corrected chi connectivity index (χ0v) is 10.9. The van der Waals surface area contributed by atoms with Gasteiger partial charge in [-0.1, -0.05) is 20.8 Å². The van der Waals surface area contributed by atoms with Crippen molar-refractivity contribution in [1.82, 2.24) is 10.2 Å². The molecular formula is C13H22N2O2. The van der Waals surface area contributed by atoms with E-state index in [2.05, 4.69) is 19.2 Å². The van der Waals surface area contributed by atoms with Crippen LogP contribution in [-0.4, -0.2) is 29.4 Å². The van der Waals surface area contributed by atoms with Crippen LogP contribution in [0.2, 0.25) is 0 Å². The summed E-state index contributed by atoms with van der Waals surface area (Å²) in [6, 6.07) is 0.122. The lowest BCUT2D eigenvalue weighted by Gasteiger charge is -2.41. The third-order valence-corrected chi connectivity index (χ3v) is 4.42. The lowest BCUT2D eigenvalue weighted by molar-refractivity contribution is -0.125. The van der Waals surface area contributed by atoms with Crippen LogP contribution in [0.5, 0.6) is 0 Å². The lowest BCUT2D eigenvalue weighted by atomic mass is 9.78. The number of imide groups is 1. The topological polar surface area (TPSA) is 49.4 Å². The average molecular weight is 238 g/mol. The highest BCUT2D eigenvalue weighted by molar-refractivity contribution is 5.97. The van der Waals surface area contributed by atoms with E-state index in [4.69, 9.17) is 0 Å². The summed E-state index contributed by atoms with van der Waals surface area (Å²) in [5.41, 5.74) is 0. The lowest BCUT2D eigenvalue weighted by Crippen LogP contribution is -2.57. The fraction of sp³-hybridized carbons (Fsp3) is 0.846. The number of amides is 3. The molecule has 17 heavy (non-hydrogen) atoms. The van der Waals surface area contributed by atoms with E-state index < -0.39 is 0 Å².